The Morgan fingerprint density at radius 2 is 1.77 bits per heavy atom. The smallest absolute Gasteiger partial charge is 0.165 e. The molecule has 6 heteroatoms. The molecule has 158 valence electrons. The van der Waals surface area contributed by atoms with Crippen molar-refractivity contribution in [3.05, 3.63) is 65.4 Å². The van der Waals surface area contributed by atoms with Crippen LogP contribution in [0.15, 0.2) is 48.5 Å². The standard InChI is InChI=1S/C24H29N3O3/c1-24(2,3)22-19-15-30-16-26(14-17-10-9-13-20(28-4)21(17)29-5)23(19)27(25-22)18-11-7-6-8-12-18/h6-13H,14-16H2,1-5H3. The summed E-state index contributed by atoms with van der Waals surface area (Å²) in [6, 6.07) is 16.2. The van der Waals surface area contributed by atoms with E-state index in [2.05, 4.69) is 43.9 Å². The van der Waals surface area contributed by atoms with Gasteiger partial charge >= 0.3 is 0 Å². The van der Waals surface area contributed by atoms with Gasteiger partial charge in [0.1, 0.15) is 12.5 Å². The Morgan fingerprint density at radius 3 is 2.43 bits per heavy atom. The Labute approximate surface area is 178 Å². The second-order valence-electron chi connectivity index (χ2n) is 8.48. The summed E-state index contributed by atoms with van der Waals surface area (Å²) in [5, 5.41) is 5.04. The number of aromatic nitrogens is 2. The van der Waals surface area contributed by atoms with Crippen LogP contribution >= 0.6 is 0 Å². The summed E-state index contributed by atoms with van der Waals surface area (Å²) < 4.78 is 19.2. The third kappa shape index (κ3) is 3.63. The van der Waals surface area contributed by atoms with Gasteiger partial charge in [0.05, 0.1) is 38.8 Å². The van der Waals surface area contributed by atoms with E-state index >= 15 is 0 Å². The van der Waals surface area contributed by atoms with Gasteiger partial charge in [-0.1, -0.05) is 51.1 Å². The first kappa shape index (κ1) is 20.3. The fraction of sp³-hybridized carbons (Fsp3) is 0.375. The van der Waals surface area contributed by atoms with Crippen molar-refractivity contribution in [1.29, 1.82) is 0 Å². The lowest BCUT2D eigenvalue weighted by atomic mass is 9.89. The maximum atomic E-state index is 6.00. The number of hydrogen-bond donors (Lipinski definition) is 0. The van der Waals surface area contributed by atoms with E-state index in [-0.39, 0.29) is 5.41 Å². The predicted molar refractivity (Wildman–Crippen MR) is 118 cm³/mol. The highest BCUT2D eigenvalue weighted by Crippen LogP contribution is 2.39. The largest absolute Gasteiger partial charge is 0.493 e. The van der Waals surface area contributed by atoms with Crippen molar-refractivity contribution in [3.8, 4) is 17.2 Å². The molecule has 2 heterocycles. The van der Waals surface area contributed by atoms with E-state index in [0.717, 1.165) is 39.8 Å². The summed E-state index contributed by atoms with van der Waals surface area (Å²) in [6.45, 7) is 8.23. The molecular formula is C24H29N3O3. The molecule has 0 unspecified atom stereocenters. The molecule has 1 aromatic heterocycles. The Balaban J connectivity index is 1.83. The van der Waals surface area contributed by atoms with Gasteiger partial charge in [-0.3, -0.25) is 0 Å². The molecule has 2 aromatic carbocycles. The summed E-state index contributed by atoms with van der Waals surface area (Å²) in [6.07, 6.45) is 0. The summed E-state index contributed by atoms with van der Waals surface area (Å²) in [5.74, 6) is 2.54. The van der Waals surface area contributed by atoms with Crippen LogP contribution in [0.1, 0.15) is 37.6 Å². The number of rotatable bonds is 5. The summed E-state index contributed by atoms with van der Waals surface area (Å²) in [5.41, 5.74) is 4.17. The van der Waals surface area contributed by atoms with Gasteiger partial charge in [-0.15, -0.1) is 0 Å². The molecule has 0 N–H and O–H groups in total. The van der Waals surface area contributed by atoms with Crippen LogP contribution in [0, 0.1) is 0 Å². The van der Waals surface area contributed by atoms with Gasteiger partial charge in [-0.2, -0.15) is 5.10 Å². The van der Waals surface area contributed by atoms with Crippen LogP contribution in [0.25, 0.3) is 5.69 Å². The molecule has 0 saturated heterocycles. The second-order valence-corrected chi connectivity index (χ2v) is 8.48. The van der Waals surface area contributed by atoms with Crippen molar-refractivity contribution in [2.45, 2.75) is 39.3 Å². The number of benzene rings is 2. The lowest BCUT2D eigenvalue weighted by Crippen LogP contribution is -2.32. The van der Waals surface area contributed by atoms with Crippen molar-refractivity contribution in [3.63, 3.8) is 0 Å². The van der Waals surface area contributed by atoms with Crippen molar-refractivity contribution in [2.24, 2.45) is 0 Å². The minimum atomic E-state index is -0.0931. The third-order valence-corrected chi connectivity index (χ3v) is 5.31. The highest BCUT2D eigenvalue weighted by atomic mass is 16.5. The first-order valence-electron chi connectivity index (χ1n) is 10.1. The molecule has 1 aliphatic rings. The topological polar surface area (TPSA) is 48.8 Å². The molecule has 30 heavy (non-hydrogen) atoms. The summed E-state index contributed by atoms with van der Waals surface area (Å²) in [4.78, 5) is 2.21. The average molecular weight is 408 g/mol. The van der Waals surface area contributed by atoms with E-state index in [0.29, 0.717) is 19.9 Å². The van der Waals surface area contributed by atoms with E-state index in [1.807, 2.05) is 35.0 Å². The van der Waals surface area contributed by atoms with Crippen LogP contribution < -0.4 is 14.4 Å². The van der Waals surface area contributed by atoms with Crippen LogP contribution in [-0.4, -0.2) is 30.7 Å². The number of hydrogen-bond acceptors (Lipinski definition) is 5. The van der Waals surface area contributed by atoms with Crippen molar-refractivity contribution in [1.82, 2.24) is 9.78 Å². The van der Waals surface area contributed by atoms with E-state index in [9.17, 15) is 0 Å². The summed E-state index contributed by atoms with van der Waals surface area (Å²) in [7, 11) is 3.33. The number of methoxy groups -OCH3 is 2. The Morgan fingerprint density at radius 1 is 1.00 bits per heavy atom. The third-order valence-electron chi connectivity index (χ3n) is 5.31. The molecule has 1 aliphatic heterocycles. The summed E-state index contributed by atoms with van der Waals surface area (Å²) >= 11 is 0. The number of nitrogens with zero attached hydrogens (tertiary/aromatic N) is 3. The number of para-hydroxylation sites is 2. The first-order chi connectivity index (χ1) is 14.4. The Hall–Kier alpha value is -2.99. The van der Waals surface area contributed by atoms with Gasteiger partial charge < -0.3 is 19.1 Å². The van der Waals surface area contributed by atoms with Crippen molar-refractivity contribution in [2.75, 3.05) is 25.9 Å². The normalized spacial score (nSPS) is 13.8. The molecule has 4 rings (SSSR count). The average Bonchev–Trinajstić information content (AvgIpc) is 3.15. The quantitative estimate of drug-likeness (QED) is 0.615. The van der Waals surface area contributed by atoms with Gasteiger partial charge in [0.2, 0.25) is 0 Å². The van der Waals surface area contributed by atoms with Crippen LogP contribution in [0.2, 0.25) is 0 Å². The van der Waals surface area contributed by atoms with E-state index in [4.69, 9.17) is 19.3 Å². The molecule has 3 aromatic rings. The number of ether oxygens (including phenoxy) is 3. The zero-order chi connectivity index (χ0) is 21.3. The second kappa shape index (κ2) is 8.03. The molecule has 6 nitrogen and oxygen atoms in total. The number of fused-ring (bicyclic) bond motifs is 1. The predicted octanol–water partition coefficient (Wildman–Crippen LogP) is 4.68. The van der Waals surface area contributed by atoms with Crippen LogP contribution in [0.3, 0.4) is 0 Å². The van der Waals surface area contributed by atoms with Gasteiger partial charge in [0.25, 0.3) is 0 Å². The lowest BCUT2D eigenvalue weighted by Gasteiger charge is -2.31. The molecule has 0 spiro atoms. The molecule has 0 aliphatic carbocycles. The van der Waals surface area contributed by atoms with Crippen LogP contribution in [0.4, 0.5) is 5.82 Å². The molecule has 0 radical (unpaired) electrons. The fourth-order valence-corrected chi connectivity index (χ4v) is 3.97. The van der Waals surface area contributed by atoms with Gasteiger partial charge in [-0.25, -0.2) is 4.68 Å². The highest BCUT2D eigenvalue weighted by Gasteiger charge is 2.33. The van der Waals surface area contributed by atoms with E-state index in [1.165, 1.54) is 0 Å². The first-order valence-corrected chi connectivity index (χ1v) is 10.1. The Kier molecular flexibility index (Phi) is 5.43. The monoisotopic (exact) mass is 407 g/mol. The molecule has 0 saturated carbocycles. The minimum Gasteiger partial charge on any atom is -0.493 e. The number of anilines is 1. The van der Waals surface area contributed by atoms with Crippen LogP contribution in [0.5, 0.6) is 11.5 Å². The SMILES string of the molecule is COc1cccc(CN2COCc3c(C(C)(C)C)nn(-c4ccccc4)c32)c1OC. The highest BCUT2D eigenvalue weighted by molar-refractivity contribution is 5.58. The van der Waals surface area contributed by atoms with Gasteiger partial charge in [-0.05, 0) is 18.2 Å². The molecule has 0 amide bonds. The molecule has 0 bridgehead atoms. The Bertz CT molecular complexity index is 1020. The minimum absolute atomic E-state index is 0.0931. The molecular weight excluding hydrogens is 378 g/mol. The molecule has 0 atom stereocenters. The van der Waals surface area contributed by atoms with Gasteiger partial charge in [0.15, 0.2) is 11.5 Å². The maximum absolute atomic E-state index is 6.00. The van der Waals surface area contributed by atoms with E-state index in [1.54, 1.807) is 14.2 Å². The molecule has 0 fully saturated rings. The van der Waals surface area contributed by atoms with E-state index < -0.39 is 0 Å². The maximum Gasteiger partial charge on any atom is 0.165 e. The zero-order valence-electron chi connectivity index (χ0n) is 18.3. The van der Waals surface area contributed by atoms with Gasteiger partial charge in [0, 0.05) is 16.5 Å². The van der Waals surface area contributed by atoms with Crippen molar-refractivity contribution < 1.29 is 14.2 Å². The van der Waals surface area contributed by atoms with Crippen molar-refractivity contribution >= 4 is 5.82 Å². The lowest BCUT2D eigenvalue weighted by molar-refractivity contribution is 0.107. The van der Waals surface area contributed by atoms with Crippen LogP contribution in [-0.2, 0) is 23.3 Å². The fourth-order valence-electron chi connectivity index (χ4n) is 3.97. The zero-order valence-corrected chi connectivity index (χ0v) is 18.3.